The maximum absolute atomic E-state index is 12.3. The Morgan fingerprint density at radius 1 is 1.50 bits per heavy atom. The van der Waals surface area contributed by atoms with Gasteiger partial charge in [0.15, 0.2) is 0 Å². The van der Waals surface area contributed by atoms with Gasteiger partial charge < -0.3 is 15.8 Å². The number of benzene rings is 1. The Kier molecular flexibility index (Phi) is 10.5. The number of carbonyl (C=O) groups is 1. The number of amides is 1. The summed E-state index contributed by atoms with van der Waals surface area (Å²) in [7, 11) is 0. The molecule has 0 bridgehead atoms. The van der Waals surface area contributed by atoms with E-state index >= 15 is 0 Å². The van der Waals surface area contributed by atoms with E-state index in [-0.39, 0.29) is 30.6 Å². The molecule has 0 aliphatic carbocycles. The molecule has 0 aromatic heterocycles. The summed E-state index contributed by atoms with van der Waals surface area (Å²) in [5.41, 5.74) is 6.08. The van der Waals surface area contributed by atoms with Gasteiger partial charge in [0.1, 0.15) is 5.75 Å². The zero-order valence-electron chi connectivity index (χ0n) is 11.9. The molecule has 0 fully saturated rings. The first-order valence-electron chi connectivity index (χ1n) is 6.19. The number of hydrogen-bond acceptors (Lipinski definition) is 4. The van der Waals surface area contributed by atoms with Crippen molar-refractivity contribution in [3.05, 3.63) is 28.8 Å². The largest absolute Gasteiger partial charge is 0.434 e. The van der Waals surface area contributed by atoms with Crippen molar-refractivity contribution in [2.75, 3.05) is 12.0 Å². The number of rotatable bonds is 8. The summed E-state index contributed by atoms with van der Waals surface area (Å²) in [5.74, 6) is 0.408. The molecular formula is C13H18Cl2F2N2O2S. The molecule has 22 heavy (non-hydrogen) atoms. The van der Waals surface area contributed by atoms with Gasteiger partial charge in [-0.05, 0) is 36.6 Å². The average Bonchev–Trinajstić information content (AvgIpc) is 2.44. The fraction of sp³-hybridized carbons (Fsp3) is 0.462. The lowest BCUT2D eigenvalue weighted by atomic mass is 10.2. The quantitative estimate of drug-likeness (QED) is 0.733. The second-order valence-electron chi connectivity index (χ2n) is 4.24. The molecule has 0 heterocycles. The highest BCUT2D eigenvalue weighted by Gasteiger charge is 2.15. The van der Waals surface area contributed by atoms with Gasteiger partial charge in [0.05, 0.1) is 6.04 Å². The van der Waals surface area contributed by atoms with Crippen LogP contribution >= 0.6 is 35.8 Å². The molecule has 9 heteroatoms. The lowest BCUT2D eigenvalue weighted by molar-refractivity contribution is -0.122. The van der Waals surface area contributed by atoms with Crippen molar-refractivity contribution in [1.29, 1.82) is 0 Å². The molecule has 3 N–H and O–H groups in total. The van der Waals surface area contributed by atoms with Crippen LogP contribution in [-0.2, 0) is 11.3 Å². The van der Waals surface area contributed by atoms with Gasteiger partial charge in [-0.15, -0.1) is 12.4 Å². The molecule has 0 spiro atoms. The summed E-state index contributed by atoms with van der Waals surface area (Å²) in [6, 6.07) is 3.61. The van der Waals surface area contributed by atoms with E-state index in [1.807, 2.05) is 6.26 Å². The highest BCUT2D eigenvalue weighted by atomic mass is 35.5. The van der Waals surface area contributed by atoms with Gasteiger partial charge in [-0.3, -0.25) is 4.79 Å². The van der Waals surface area contributed by atoms with Crippen LogP contribution in [0.15, 0.2) is 18.2 Å². The molecule has 0 saturated carbocycles. The molecular weight excluding hydrogens is 357 g/mol. The molecule has 0 unspecified atom stereocenters. The van der Waals surface area contributed by atoms with Crippen LogP contribution in [0.1, 0.15) is 12.0 Å². The van der Waals surface area contributed by atoms with Gasteiger partial charge in [-0.1, -0.05) is 11.6 Å². The SMILES string of the molecule is CSCC[C@H](N)C(=O)NCc1cc(Cl)ccc1OC(F)F.Cl. The van der Waals surface area contributed by atoms with Crippen LogP contribution in [0.2, 0.25) is 5.02 Å². The van der Waals surface area contributed by atoms with E-state index in [4.69, 9.17) is 17.3 Å². The topological polar surface area (TPSA) is 64.4 Å². The minimum Gasteiger partial charge on any atom is -0.434 e. The number of hydrogen-bond donors (Lipinski definition) is 2. The monoisotopic (exact) mass is 374 g/mol. The van der Waals surface area contributed by atoms with Crippen molar-refractivity contribution in [3.8, 4) is 5.75 Å². The highest BCUT2D eigenvalue weighted by molar-refractivity contribution is 7.98. The predicted octanol–water partition coefficient (Wildman–Crippen LogP) is 3.06. The molecule has 4 nitrogen and oxygen atoms in total. The molecule has 1 amide bonds. The number of carbonyl (C=O) groups excluding carboxylic acids is 1. The third kappa shape index (κ3) is 7.49. The van der Waals surface area contributed by atoms with Crippen molar-refractivity contribution in [2.45, 2.75) is 25.6 Å². The maximum atomic E-state index is 12.3. The van der Waals surface area contributed by atoms with Gasteiger partial charge >= 0.3 is 6.61 Å². The smallest absolute Gasteiger partial charge is 0.387 e. The van der Waals surface area contributed by atoms with Gasteiger partial charge in [0.2, 0.25) is 5.91 Å². The van der Waals surface area contributed by atoms with Crippen LogP contribution in [-0.4, -0.2) is 30.6 Å². The second kappa shape index (κ2) is 10.9. The fourth-order valence-corrected chi connectivity index (χ4v) is 2.27. The maximum Gasteiger partial charge on any atom is 0.387 e. The number of thioether (sulfide) groups is 1. The third-order valence-corrected chi connectivity index (χ3v) is 3.54. The molecule has 0 aliphatic heterocycles. The van der Waals surface area contributed by atoms with Crippen molar-refractivity contribution < 1.29 is 18.3 Å². The van der Waals surface area contributed by atoms with E-state index in [9.17, 15) is 13.6 Å². The van der Waals surface area contributed by atoms with Crippen LogP contribution in [0.4, 0.5) is 8.78 Å². The van der Waals surface area contributed by atoms with Crippen molar-refractivity contribution in [3.63, 3.8) is 0 Å². The summed E-state index contributed by atoms with van der Waals surface area (Å²) < 4.78 is 29.0. The number of nitrogens with one attached hydrogen (secondary N) is 1. The van der Waals surface area contributed by atoms with Gasteiger partial charge in [0, 0.05) is 17.1 Å². The van der Waals surface area contributed by atoms with Crippen molar-refractivity contribution >= 4 is 41.7 Å². The van der Waals surface area contributed by atoms with Crippen LogP contribution < -0.4 is 15.8 Å². The van der Waals surface area contributed by atoms with E-state index in [0.29, 0.717) is 17.0 Å². The fourth-order valence-electron chi connectivity index (χ4n) is 1.59. The molecule has 0 aliphatic rings. The van der Waals surface area contributed by atoms with E-state index in [0.717, 1.165) is 5.75 Å². The summed E-state index contributed by atoms with van der Waals surface area (Å²) in [4.78, 5) is 11.8. The Morgan fingerprint density at radius 2 is 2.18 bits per heavy atom. The van der Waals surface area contributed by atoms with Gasteiger partial charge in [0.25, 0.3) is 0 Å². The van der Waals surface area contributed by atoms with Crippen LogP contribution in [0.25, 0.3) is 0 Å². The van der Waals surface area contributed by atoms with Crippen molar-refractivity contribution in [2.24, 2.45) is 5.73 Å². The van der Waals surface area contributed by atoms with E-state index in [2.05, 4.69) is 10.1 Å². The first-order chi connectivity index (χ1) is 9.93. The summed E-state index contributed by atoms with van der Waals surface area (Å²) in [6.07, 6.45) is 2.47. The number of nitrogens with two attached hydrogens (primary N) is 1. The third-order valence-electron chi connectivity index (χ3n) is 2.66. The Balaban J connectivity index is 0.00000441. The van der Waals surface area contributed by atoms with Crippen LogP contribution in [0.3, 0.4) is 0 Å². The summed E-state index contributed by atoms with van der Waals surface area (Å²) >= 11 is 7.41. The van der Waals surface area contributed by atoms with E-state index in [1.165, 1.54) is 18.2 Å². The second-order valence-corrected chi connectivity index (χ2v) is 5.66. The Morgan fingerprint density at radius 3 is 2.77 bits per heavy atom. The number of ether oxygens (including phenoxy) is 1. The van der Waals surface area contributed by atoms with E-state index < -0.39 is 12.7 Å². The molecule has 1 aromatic rings. The van der Waals surface area contributed by atoms with Gasteiger partial charge in [-0.25, -0.2) is 0 Å². The minimum atomic E-state index is -2.94. The number of halogens is 4. The van der Waals surface area contributed by atoms with Crippen LogP contribution in [0, 0.1) is 0 Å². The molecule has 1 aromatic carbocycles. The average molecular weight is 375 g/mol. The molecule has 0 radical (unpaired) electrons. The molecule has 1 rings (SSSR count). The zero-order valence-corrected chi connectivity index (χ0v) is 14.2. The molecule has 0 saturated heterocycles. The Hall–Kier alpha value is -0.760. The highest BCUT2D eigenvalue weighted by Crippen LogP contribution is 2.24. The standard InChI is InChI=1S/C13H17ClF2N2O2S.ClH/c1-21-5-4-10(17)12(19)18-7-8-6-9(14)2-3-11(8)20-13(15)16;/h2-3,6,10,13H,4-5,7,17H2,1H3,(H,18,19);1H/t10-;/m0./s1. The lowest BCUT2D eigenvalue weighted by Crippen LogP contribution is -2.40. The first kappa shape index (κ1) is 21.2. The first-order valence-corrected chi connectivity index (χ1v) is 7.96. The van der Waals surface area contributed by atoms with Crippen molar-refractivity contribution in [1.82, 2.24) is 5.32 Å². The van der Waals surface area contributed by atoms with E-state index in [1.54, 1.807) is 11.8 Å². The Bertz CT molecular complexity index is 481. The molecule has 1 atom stereocenters. The van der Waals surface area contributed by atoms with Crippen LogP contribution in [0.5, 0.6) is 5.75 Å². The summed E-state index contributed by atoms with van der Waals surface area (Å²) in [5, 5.41) is 2.96. The Labute approximate surface area is 143 Å². The predicted molar refractivity (Wildman–Crippen MR) is 88.2 cm³/mol. The molecule has 126 valence electrons. The normalized spacial score (nSPS) is 11.7. The lowest BCUT2D eigenvalue weighted by Gasteiger charge is -2.14. The minimum absolute atomic E-state index is 0. The number of alkyl halides is 2. The van der Waals surface area contributed by atoms with Gasteiger partial charge in [-0.2, -0.15) is 20.5 Å². The summed E-state index contributed by atoms with van der Waals surface area (Å²) in [6.45, 7) is -2.92. The zero-order chi connectivity index (χ0) is 15.8.